The van der Waals surface area contributed by atoms with Crippen LogP contribution in [0.2, 0.25) is 0 Å². The molecule has 1 aromatic heterocycles. The average Bonchev–Trinajstić information content (AvgIpc) is 3.25. The monoisotopic (exact) mass is 342 g/mol. The van der Waals surface area contributed by atoms with Crippen LogP contribution in [0.4, 0.5) is 4.79 Å². The van der Waals surface area contributed by atoms with E-state index in [2.05, 4.69) is 57.3 Å². The minimum absolute atomic E-state index is 0.00811. The van der Waals surface area contributed by atoms with Gasteiger partial charge in [0.2, 0.25) is 0 Å². The molecule has 0 unspecified atom stereocenters. The van der Waals surface area contributed by atoms with E-state index in [1.807, 2.05) is 13.0 Å². The van der Waals surface area contributed by atoms with Crippen LogP contribution in [-0.4, -0.2) is 32.3 Å². The predicted molar refractivity (Wildman–Crippen MR) is 94.9 cm³/mol. The van der Waals surface area contributed by atoms with Crippen molar-refractivity contribution in [3.63, 3.8) is 0 Å². The summed E-state index contributed by atoms with van der Waals surface area (Å²) in [6.45, 7) is 3.98. The van der Waals surface area contributed by atoms with Crippen molar-refractivity contribution < 1.29 is 4.79 Å². The average molecular weight is 342 g/mol. The van der Waals surface area contributed by atoms with E-state index in [-0.39, 0.29) is 23.5 Å². The quantitative estimate of drug-likeness (QED) is 0.874. The van der Waals surface area contributed by atoms with Crippen molar-refractivity contribution in [1.29, 1.82) is 0 Å². The van der Waals surface area contributed by atoms with Crippen LogP contribution >= 0.6 is 0 Å². The Morgan fingerprint density at radius 3 is 2.44 bits per heavy atom. The molecule has 134 valence electrons. The first-order valence-corrected chi connectivity index (χ1v) is 8.88. The van der Waals surface area contributed by atoms with Gasteiger partial charge in [0.15, 0.2) is 5.82 Å². The zero-order valence-electron chi connectivity index (χ0n) is 15.1. The molecule has 25 heavy (non-hydrogen) atoms. The fraction of sp³-hybridized carbons (Fsp3) is 0.556. The van der Waals surface area contributed by atoms with E-state index >= 15 is 0 Å². The van der Waals surface area contributed by atoms with Gasteiger partial charge in [-0.2, -0.15) is 0 Å². The number of carbonyl (C=O) groups excluding carboxylic acids is 1. The van der Waals surface area contributed by atoms with Crippen LogP contribution in [0.1, 0.15) is 57.0 Å². The van der Waals surface area contributed by atoms with Gasteiger partial charge < -0.3 is 10.6 Å². The van der Waals surface area contributed by atoms with Crippen LogP contribution in [0, 0.1) is 0 Å². The number of hydrogen-bond acceptors (Lipinski definition) is 4. The molecule has 0 aliphatic heterocycles. The maximum absolute atomic E-state index is 12.5. The topological polar surface area (TPSA) is 84.7 Å². The highest BCUT2D eigenvalue weighted by molar-refractivity contribution is 5.74. The molecule has 0 bridgehead atoms. The van der Waals surface area contributed by atoms with Gasteiger partial charge in [0, 0.05) is 18.5 Å². The molecule has 2 N–H and O–H groups in total. The van der Waals surface area contributed by atoms with E-state index < -0.39 is 0 Å². The summed E-state index contributed by atoms with van der Waals surface area (Å²) >= 11 is 0. The molecule has 1 saturated carbocycles. The molecule has 1 fully saturated rings. The smallest absolute Gasteiger partial charge is 0.315 e. The van der Waals surface area contributed by atoms with Crippen molar-refractivity contribution >= 4 is 6.03 Å². The first-order valence-electron chi connectivity index (χ1n) is 8.88. The van der Waals surface area contributed by atoms with Gasteiger partial charge in [0.1, 0.15) is 0 Å². The molecule has 7 nitrogen and oxygen atoms in total. The van der Waals surface area contributed by atoms with Crippen molar-refractivity contribution in [3.05, 3.63) is 41.7 Å². The van der Waals surface area contributed by atoms with Gasteiger partial charge in [-0.05, 0) is 42.7 Å². The Hall–Kier alpha value is -2.44. The molecule has 1 aromatic carbocycles. The SMILES string of the molecule is C[C@@H](NC(=O)N[C@H](C)C1(c2ccccc2)CCCC1)c1nnnn1C. The molecule has 1 aliphatic rings. The minimum atomic E-state index is -0.261. The summed E-state index contributed by atoms with van der Waals surface area (Å²) in [5.41, 5.74) is 1.32. The normalized spacial score (nSPS) is 18.5. The highest BCUT2D eigenvalue weighted by Crippen LogP contribution is 2.43. The fourth-order valence-electron chi connectivity index (χ4n) is 3.99. The lowest BCUT2D eigenvalue weighted by Crippen LogP contribution is -2.51. The van der Waals surface area contributed by atoms with E-state index in [4.69, 9.17) is 0 Å². The lowest BCUT2D eigenvalue weighted by Gasteiger charge is -2.36. The van der Waals surface area contributed by atoms with Crippen molar-refractivity contribution in [2.24, 2.45) is 7.05 Å². The number of rotatable bonds is 5. The Morgan fingerprint density at radius 1 is 1.16 bits per heavy atom. The largest absolute Gasteiger partial charge is 0.335 e. The highest BCUT2D eigenvalue weighted by Gasteiger charge is 2.41. The molecule has 2 atom stereocenters. The Labute approximate surface area is 148 Å². The summed E-state index contributed by atoms with van der Waals surface area (Å²) in [5, 5.41) is 17.4. The molecule has 0 spiro atoms. The zero-order valence-corrected chi connectivity index (χ0v) is 15.1. The van der Waals surface area contributed by atoms with E-state index in [1.54, 1.807) is 11.7 Å². The number of urea groups is 1. The number of nitrogens with one attached hydrogen (secondary N) is 2. The Bertz CT molecular complexity index is 707. The van der Waals surface area contributed by atoms with E-state index in [9.17, 15) is 4.79 Å². The van der Waals surface area contributed by atoms with Crippen LogP contribution in [0.3, 0.4) is 0 Å². The second-order valence-corrected chi connectivity index (χ2v) is 6.95. The van der Waals surface area contributed by atoms with Crippen LogP contribution in [0.15, 0.2) is 30.3 Å². The summed E-state index contributed by atoms with van der Waals surface area (Å²) in [4.78, 5) is 12.5. The molecule has 2 amide bonds. The number of amides is 2. The van der Waals surface area contributed by atoms with Gasteiger partial charge in [-0.25, -0.2) is 9.48 Å². The lowest BCUT2D eigenvalue weighted by atomic mass is 9.73. The van der Waals surface area contributed by atoms with Gasteiger partial charge in [0.25, 0.3) is 0 Å². The number of carbonyl (C=O) groups is 1. The van der Waals surface area contributed by atoms with Gasteiger partial charge >= 0.3 is 6.03 Å². The van der Waals surface area contributed by atoms with Crippen molar-refractivity contribution in [2.75, 3.05) is 0 Å². The number of tetrazole rings is 1. The molecule has 0 saturated heterocycles. The maximum Gasteiger partial charge on any atom is 0.315 e. The third-order valence-corrected chi connectivity index (χ3v) is 5.41. The van der Waals surface area contributed by atoms with Gasteiger partial charge in [-0.3, -0.25) is 0 Å². The number of aryl methyl sites for hydroxylation is 1. The lowest BCUT2D eigenvalue weighted by molar-refractivity contribution is 0.223. The molecular formula is C18H26N6O. The zero-order chi connectivity index (χ0) is 17.9. The van der Waals surface area contributed by atoms with Crippen LogP contribution in [0.25, 0.3) is 0 Å². The van der Waals surface area contributed by atoms with Crippen LogP contribution < -0.4 is 10.6 Å². The summed E-state index contributed by atoms with van der Waals surface area (Å²) < 4.78 is 1.57. The summed E-state index contributed by atoms with van der Waals surface area (Å²) in [7, 11) is 1.76. The molecular weight excluding hydrogens is 316 g/mol. The molecule has 1 heterocycles. The second kappa shape index (κ2) is 7.21. The fourth-order valence-corrected chi connectivity index (χ4v) is 3.99. The van der Waals surface area contributed by atoms with E-state index in [0.29, 0.717) is 5.82 Å². The van der Waals surface area contributed by atoms with Gasteiger partial charge in [-0.1, -0.05) is 43.2 Å². The van der Waals surface area contributed by atoms with Gasteiger partial charge in [0.05, 0.1) is 6.04 Å². The number of hydrogen-bond donors (Lipinski definition) is 2. The highest BCUT2D eigenvalue weighted by atomic mass is 16.2. The number of aromatic nitrogens is 4. The molecule has 1 aliphatic carbocycles. The van der Waals surface area contributed by atoms with Gasteiger partial charge in [-0.15, -0.1) is 5.10 Å². The first-order chi connectivity index (χ1) is 12.0. The third kappa shape index (κ3) is 3.50. The first kappa shape index (κ1) is 17.4. The maximum atomic E-state index is 12.5. The molecule has 3 rings (SSSR count). The van der Waals surface area contributed by atoms with Crippen molar-refractivity contribution in [3.8, 4) is 0 Å². The van der Waals surface area contributed by atoms with E-state index in [1.165, 1.54) is 18.4 Å². The molecule has 7 heteroatoms. The standard InChI is InChI=1S/C18H26N6O/c1-13(16-21-22-23-24(16)3)19-17(25)20-14(2)18(11-7-8-12-18)15-9-5-4-6-10-15/h4-6,9-10,13-14H,7-8,11-12H2,1-3H3,(H2,19,20,25)/t13-,14-/m1/s1. The number of nitrogens with zero attached hydrogens (tertiary/aromatic N) is 4. The molecule has 0 radical (unpaired) electrons. The predicted octanol–water partition coefficient (Wildman–Crippen LogP) is 2.47. The molecule has 2 aromatic rings. The number of benzene rings is 1. The Morgan fingerprint density at radius 2 is 1.84 bits per heavy atom. The summed E-state index contributed by atoms with van der Waals surface area (Å²) in [6.07, 6.45) is 4.59. The summed E-state index contributed by atoms with van der Waals surface area (Å²) in [5.74, 6) is 0.626. The van der Waals surface area contributed by atoms with Crippen LogP contribution in [-0.2, 0) is 12.5 Å². The third-order valence-electron chi connectivity index (χ3n) is 5.41. The Balaban J connectivity index is 1.68. The second-order valence-electron chi connectivity index (χ2n) is 6.95. The van der Waals surface area contributed by atoms with Crippen molar-refractivity contribution in [2.45, 2.75) is 57.0 Å². The minimum Gasteiger partial charge on any atom is -0.335 e. The van der Waals surface area contributed by atoms with Crippen LogP contribution in [0.5, 0.6) is 0 Å². The Kier molecular flexibility index (Phi) is 5.01. The van der Waals surface area contributed by atoms with E-state index in [0.717, 1.165) is 12.8 Å². The summed E-state index contributed by atoms with van der Waals surface area (Å²) in [6, 6.07) is 10.1. The van der Waals surface area contributed by atoms with Crippen molar-refractivity contribution in [1.82, 2.24) is 30.8 Å².